The molecule has 0 N–H and O–H groups in total. The average Bonchev–Trinajstić information content (AvgIpc) is 3.25. The van der Waals surface area contributed by atoms with Gasteiger partial charge in [0.25, 0.3) is 0 Å². The lowest BCUT2D eigenvalue weighted by atomic mass is 9.87. The predicted molar refractivity (Wildman–Crippen MR) is 83.1 cm³/mol. The summed E-state index contributed by atoms with van der Waals surface area (Å²) in [6, 6.07) is 10.3. The van der Waals surface area contributed by atoms with Crippen LogP contribution in [-0.4, -0.2) is 36.7 Å². The minimum absolute atomic E-state index is 0.169. The van der Waals surface area contributed by atoms with E-state index in [9.17, 15) is 9.18 Å². The molecule has 3 atom stereocenters. The summed E-state index contributed by atoms with van der Waals surface area (Å²) in [7, 11) is 0. The van der Waals surface area contributed by atoms with Crippen LogP contribution in [0.5, 0.6) is 0 Å². The summed E-state index contributed by atoms with van der Waals surface area (Å²) in [5, 5.41) is 0. The van der Waals surface area contributed by atoms with Gasteiger partial charge in [-0.25, -0.2) is 4.39 Å². The molecule has 1 heterocycles. The van der Waals surface area contributed by atoms with Crippen LogP contribution in [0.15, 0.2) is 30.3 Å². The zero-order valence-electron chi connectivity index (χ0n) is 13.3. The maximum atomic E-state index is 14.6. The number of nitrogens with zero attached hydrogens (tertiary/aromatic N) is 1. The van der Waals surface area contributed by atoms with Gasteiger partial charge in [-0.2, -0.15) is 0 Å². The van der Waals surface area contributed by atoms with Crippen molar-refractivity contribution in [1.29, 1.82) is 0 Å². The largest absolute Gasteiger partial charge is 0.466 e. The molecule has 0 amide bonds. The minimum atomic E-state index is -0.946. The molecule has 1 aliphatic heterocycles. The molecule has 0 unspecified atom stereocenters. The Bertz CT molecular complexity index is 529. The quantitative estimate of drug-likeness (QED) is 0.781. The summed E-state index contributed by atoms with van der Waals surface area (Å²) in [6.07, 6.45) is 0.590. The summed E-state index contributed by atoms with van der Waals surface area (Å²) in [5.74, 6) is -0.422. The highest BCUT2D eigenvalue weighted by Gasteiger charge is 2.61. The molecular formula is C18H24FNO2. The van der Waals surface area contributed by atoms with E-state index in [-0.39, 0.29) is 17.9 Å². The molecule has 0 aromatic heterocycles. The van der Waals surface area contributed by atoms with Crippen molar-refractivity contribution in [1.82, 2.24) is 4.90 Å². The van der Waals surface area contributed by atoms with Crippen molar-refractivity contribution < 1.29 is 13.9 Å². The number of halogens is 1. The number of hydrogen-bond donors (Lipinski definition) is 0. The number of ether oxygens (including phenoxy) is 1. The van der Waals surface area contributed by atoms with Gasteiger partial charge in [0.2, 0.25) is 0 Å². The molecule has 1 aromatic carbocycles. The van der Waals surface area contributed by atoms with E-state index in [0.717, 1.165) is 12.8 Å². The van der Waals surface area contributed by atoms with Gasteiger partial charge in [-0.3, -0.25) is 9.69 Å². The second kappa shape index (κ2) is 5.99. The molecule has 3 nitrogen and oxygen atoms in total. The van der Waals surface area contributed by atoms with E-state index in [2.05, 4.69) is 24.0 Å². The molecule has 1 aromatic rings. The van der Waals surface area contributed by atoms with Crippen molar-refractivity contribution in [3.8, 4) is 0 Å². The minimum Gasteiger partial charge on any atom is -0.466 e. The highest BCUT2D eigenvalue weighted by atomic mass is 19.1. The Morgan fingerprint density at radius 2 is 2.05 bits per heavy atom. The van der Waals surface area contributed by atoms with Crippen LogP contribution in [0.3, 0.4) is 0 Å². The van der Waals surface area contributed by atoms with Gasteiger partial charge in [-0.1, -0.05) is 30.3 Å². The van der Waals surface area contributed by atoms with Crippen molar-refractivity contribution in [2.45, 2.75) is 38.9 Å². The van der Waals surface area contributed by atoms with E-state index in [0.29, 0.717) is 19.7 Å². The van der Waals surface area contributed by atoms with E-state index in [1.807, 2.05) is 18.2 Å². The Hall–Kier alpha value is -1.42. The third-order valence-electron chi connectivity index (χ3n) is 5.29. The molecule has 22 heavy (non-hydrogen) atoms. The molecule has 1 aliphatic carbocycles. The van der Waals surface area contributed by atoms with E-state index < -0.39 is 11.6 Å². The van der Waals surface area contributed by atoms with Crippen LogP contribution in [0.4, 0.5) is 4.39 Å². The van der Waals surface area contributed by atoms with E-state index in [1.165, 1.54) is 5.56 Å². The second-order valence-corrected chi connectivity index (χ2v) is 6.54. The van der Waals surface area contributed by atoms with Crippen LogP contribution in [0.2, 0.25) is 0 Å². The molecule has 0 spiro atoms. The van der Waals surface area contributed by atoms with Gasteiger partial charge in [-0.15, -0.1) is 0 Å². The number of carbonyl (C=O) groups is 1. The average molecular weight is 305 g/mol. The molecular weight excluding hydrogens is 281 g/mol. The molecule has 120 valence electrons. The van der Waals surface area contributed by atoms with Crippen LogP contribution in [0.1, 0.15) is 38.3 Å². The maximum Gasteiger partial charge on any atom is 0.312 e. The van der Waals surface area contributed by atoms with E-state index >= 15 is 0 Å². The van der Waals surface area contributed by atoms with Crippen molar-refractivity contribution >= 4 is 5.97 Å². The molecule has 4 heteroatoms. The third kappa shape index (κ3) is 2.65. The SMILES string of the molecule is CCOC(=O)C1([C@@H]2CN([C@@H](C)c3ccccc3)C[C@H]2F)CC1. The second-order valence-electron chi connectivity index (χ2n) is 6.54. The first-order valence-corrected chi connectivity index (χ1v) is 8.19. The van der Waals surface area contributed by atoms with Crippen molar-refractivity contribution in [3.63, 3.8) is 0 Å². The molecule has 0 radical (unpaired) electrons. The molecule has 1 saturated heterocycles. The lowest BCUT2D eigenvalue weighted by Crippen LogP contribution is -2.33. The predicted octanol–water partition coefficient (Wildman–Crippen LogP) is 3.36. The van der Waals surface area contributed by atoms with Crippen molar-refractivity contribution in [3.05, 3.63) is 35.9 Å². The Balaban J connectivity index is 1.71. The Morgan fingerprint density at radius 1 is 1.36 bits per heavy atom. The molecule has 3 rings (SSSR count). The van der Waals surface area contributed by atoms with Crippen LogP contribution in [0.25, 0.3) is 0 Å². The number of likely N-dealkylation sites (tertiary alicyclic amines) is 1. The lowest BCUT2D eigenvalue weighted by Gasteiger charge is -2.26. The number of alkyl halides is 1. The zero-order chi connectivity index (χ0) is 15.7. The Morgan fingerprint density at radius 3 is 2.64 bits per heavy atom. The zero-order valence-corrected chi connectivity index (χ0v) is 13.3. The molecule has 1 saturated carbocycles. The highest BCUT2D eigenvalue weighted by Crippen LogP contribution is 2.56. The van der Waals surface area contributed by atoms with Crippen molar-refractivity contribution in [2.75, 3.05) is 19.7 Å². The first-order valence-electron chi connectivity index (χ1n) is 8.19. The normalized spacial score (nSPS) is 28.3. The van der Waals surface area contributed by atoms with Crippen LogP contribution in [0, 0.1) is 11.3 Å². The van der Waals surface area contributed by atoms with Gasteiger partial charge < -0.3 is 4.74 Å². The number of rotatable bonds is 5. The van der Waals surface area contributed by atoms with Gasteiger partial charge in [0.15, 0.2) is 0 Å². The van der Waals surface area contributed by atoms with Gasteiger partial charge in [-0.05, 0) is 32.3 Å². The number of esters is 1. The lowest BCUT2D eigenvalue weighted by molar-refractivity contribution is -0.152. The van der Waals surface area contributed by atoms with E-state index in [1.54, 1.807) is 6.92 Å². The Kier molecular flexibility index (Phi) is 4.22. The Labute approximate surface area is 131 Å². The number of benzene rings is 1. The molecule has 2 aliphatic rings. The first kappa shape index (κ1) is 15.5. The fourth-order valence-electron chi connectivity index (χ4n) is 3.71. The van der Waals surface area contributed by atoms with Gasteiger partial charge in [0.05, 0.1) is 12.0 Å². The summed E-state index contributed by atoms with van der Waals surface area (Å²) in [6.45, 7) is 5.32. The summed E-state index contributed by atoms with van der Waals surface area (Å²) in [5.41, 5.74) is 0.636. The number of hydrogen-bond acceptors (Lipinski definition) is 3. The van der Waals surface area contributed by atoms with Gasteiger partial charge in [0.1, 0.15) is 6.17 Å². The standard InChI is InChI=1S/C18H24FNO2/c1-3-22-17(21)18(9-10-18)15-11-20(12-16(15)19)13(2)14-7-5-4-6-8-14/h4-8,13,15-16H,3,9-12H2,1-2H3/t13-,15+,16+/m0/s1. The molecule has 2 fully saturated rings. The number of carbonyl (C=O) groups excluding carboxylic acids is 1. The monoisotopic (exact) mass is 305 g/mol. The van der Waals surface area contributed by atoms with E-state index in [4.69, 9.17) is 4.74 Å². The van der Waals surface area contributed by atoms with Crippen LogP contribution < -0.4 is 0 Å². The topological polar surface area (TPSA) is 29.5 Å². The van der Waals surface area contributed by atoms with Crippen LogP contribution >= 0.6 is 0 Å². The fraction of sp³-hybridized carbons (Fsp3) is 0.611. The molecule has 0 bridgehead atoms. The van der Waals surface area contributed by atoms with Gasteiger partial charge >= 0.3 is 5.97 Å². The first-order chi connectivity index (χ1) is 10.6. The van der Waals surface area contributed by atoms with Crippen molar-refractivity contribution in [2.24, 2.45) is 11.3 Å². The summed E-state index contributed by atoms with van der Waals surface area (Å²) in [4.78, 5) is 14.4. The smallest absolute Gasteiger partial charge is 0.312 e. The fourth-order valence-corrected chi connectivity index (χ4v) is 3.71. The van der Waals surface area contributed by atoms with Crippen LogP contribution in [-0.2, 0) is 9.53 Å². The maximum absolute atomic E-state index is 14.6. The van der Waals surface area contributed by atoms with Gasteiger partial charge in [0, 0.05) is 25.0 Å². The third-order valence-corrected chi connectivity index (χ3v) is 5.29. The summed E-state index contributed by atoms with van der Waals surface area (Å²) < 4.78 is 19.8. The summed E-state index contributed by atoms with van der Waals surface area (Å²) >= 11 is 0. The highest BCUT2D eigenvalue weighted by molar-refractivity contribution is 5.80.